The average molecular weight is 377 g/mol. The third-order valence-corrected chi connectivity index (χ3v) is 5.10. The van der Waals surface area contributed by atoms with Gasteiger partial charge in [0.15, 0.2) is 5.82 Å². The van der Waals surface area contributed by atoms with Crippen LogP contribution in [0.25, 0.3) is 0 Å². The zero-order valence-corrected chi connectivity index (χ0v) is 16.1. The summed E-state index contributed by atoms with van der Waals surface area (Å²) in [6, 6.07) is 15.4. The first-order valence-corrected chi connectivity index (χ1v) is 9.53. The third-order valence-electron chi connectivity index (χ3n) is 5.10. The molecule has 0 N–H and O–H groups in total. The van der Waals surface area contributed by atoms with Crippen LogP contribution in [0.3, 0.4) is 0 Å². The van der Waals surface area contributed by atoms with E-state index >= 15 is 0 Å². The van der Waals surface area contributed by atoms with Crippen LogP contribution in [-0.2, 0) is 24.0 Å². The van der Waals surface area contributed by atoms with Crippen LogP contribution in [0.5, 0.6) is 0 Å². The van der Waals surface area contributed by atoms with Gasteiger partial charge in [-0.1, -0.05) is 42.4 Å². The summed E-state index contributed by atoms with van der Waals surface area (Å²) in [5.74, 6) is 0.988. The molecule has 144 valence electrons. The highest BCUT2D eigenvalue weighted by atomic mass is 16.5. The maximum atomic E-state index is 13.4. The van der Waals surface area contributed by atoms with Crippen molar-refractivity contribution in [3.8, 4) is 0 Å². The number of hydrogen-bond acceptors (Lipinski definition) is 5. The summed E-state index contributed by atoms with van der Waals surface area (Å²) in [4.78, 5) is 19.7. The molecule has 6 heteroatoms. The van der Waals surface area contributed by atoms with Gasteiger partial charge in [0.05, 0.1) is 6.61 Å². The minimum atomic E-state index is -0.306. The van der Waals surface area contributed by atoms with Gasteiger partial charge in [-0.3, -0.25) is 9.69 Å². The molecule has 0 bridgehead atoms. The van der Waals surface area contributed by atoms with Crippen LogP contribution in [0, 0.1) is 0 Å². The normalized spacial score (nSPS) is 15.6. The summed E-state index contributed by atoms with van der Waals surface area (Å²) < 4.78 is 10.6. The Morgan fingerprint density at radius 2 is 2.00 bits per heavy atom. The first-order valence-electron chi connectivity index (χ1n) is 9.53. The molecular formula is C22H23N3O3. The molecule has 0 fully saturated rings. The van der Waals surface area contributed by atoms with Crippen LogP contribution in [0.1, 0.15) is 46.2 Å². The highest BCUT2D eigenvalue weighted by molar-refractivity contribution is 6.07. The number of methoxy groups -OCH3 is 1. The van der Waals surface area contributed by atoms with E-state index in [0.717, 1.165) is 17.7 Å². The summed E-state index contributed by atoms with van der Waals surface area (Å²) in [6.07, 6.45) is 2.17. The first kappa shape index (κ1) is 18.4. The molecule has 1 unspecified atom stereocenters. The Kier molecular flexibility index (Phi) is 5.21. The molecule has 0 saturated carbocycles. The van der Waals surface area contributed by atoms with Gasteiger partial charge < -0.3 is 9.26 Å². The molecule has 1 aliphatic rings. The van der Waals surface area contributed by atoms with Gasteiger partial charge >= 0.3 is 0 Å². The van der Waals surface area contributed by atoms with E-state index in [1.165, 1.54) is 5.56 Å². The van der Waals surface area contributed by atoms with Crippen molar-refractivity contribution in [3.05, 3.63) is 76.9 Å². The third kappa shape index (κ3) is 3.43. The number of carbonyl (C=O) groups is 1. The van der Waals surface area contributed by atoms with E-state index in [-0.39, 0.29) is 11.9 Å². The van der Waals surface area contributed by atoms with Crippen LogP contribution < -0.4 is 4.90 Å². The highest BCUT2D eigenvalue weighted by Crippen LogP contribution is 2.40. The fourth-order valence-electron chi connectivity index (χ4n) is 3.55. The van der Waals surface area contributed by atoms with Crippen LogP contribution >= 0.6 is 0 Å². The zero-order valence-electron chi connectivity index (χ0n) is 16.1. The highest BCUT2D eigenvalue weighted by Gasteiger charge is 2.38. The number of fused-ring (bicyclic) bond motifs is 1. The Bertz CT molecular complexity index is 965. The van der Waals surface area contributed by atoms with Crippen molar-refractivity contribution in [2.75, 3.05) is 18.6 Å². The Balaban J connectivity index is 1.67. The number of para-hydroxylation sites is 1. The van der Waals surface area contributed by atoms with Gasteiger partial charge in [-0.15, -0.1) is 0 Å². The molecule has 28 heavy (non-hydrogen) atoms. The lowest BCUT2D eigenvalue weighted by atomic mass is 10.1. The number of ether oxygens (including phenoxy) is 1. The maximum absolute atomic E-state index is 13.4. The summed E-state index contributed by atoms with van der Waals surface area (Å²) >= 11 is 0. The number of carbonyl (C=O) groups excluding carboxylic acids is 1. The predicted octanol–water partition coefficient (Wildman–Crippen LogP) is 3.77. The lowest BCUT2D eigenvalue weighted by Gasteiger charge is -2.23. The van der Waals surface area contributed by atoms with Gasteiger partial charge in [0.25, 0.3) is 5.91 Å². The fourth-order valence-corrected chi connectivity index (χ4v) is 3.55. The van der Waals surface area contributed by atoms with Gasteiger partial charge in [0.1, 0.15) is 6.04 Å². The quantitative estimate of drug-likeness (QED) is 0.654. The van der Waals surface area contributed by atoms with Crippen LogP contribution in [-0.4, -0.2) is 29.8 Å². The minimum absolute atomic E-state index is 0.0609. The van der Waals surface area contributed by atoms with Crippen molar-refractivity contribution in [2.24, 2.45) is 0 Å². The molecule has 0 spiro atoms. The largest absolute Gasteiger partial charge is 0.384 e. The molecular weight excluding hydrogens is 354 g/mol. The monoisotopic (exact) mass is 377 g/mol. The standard InChI is InChI=1S/C22H23N3O3/c1-3-15-8-10-16(11-9-15)22(26)25-18-7-5-4-6-17(18)14-19(25)21-23-20(24-28-21)12-13-27-2/h4-11,19H,3,12-14H2,1-2H3. The van der Waals surface area contributed by atoms with Crippen molar-refractivity contribution in [3.63, 3.8) is 0 Å². The summed E-state index contributed by atoms with van der Waals surface area (Å²) in [7, 11) is 1.64. The van der Waals surface area contributed by atoms with Gasteiger partial charge in [0, 0.05) is 31.2 Å². The van der Waals surface area contributed by atoms with E-state index in [1.54, 1.807) is 12.0 Å². The number of hydrogen-bond donors (Lipinski definition) is 0. The Labute approximate surface area is 164 Å². The van der Waals surface area contributed by atoms with E-state index in [9.17, 15) is 4.79 Å². The summed E-state index contributed by atoms with van der Waals surface area (Å²) in [5, 5.41) is 4.05. The van der Waals surface area contributed by atoms with Crippen molar-refractivity contribution >= 4 is 11.6 Å². The number of amides is 1. The average Bonchev–Trinajstić information content (AvgIpc) is 3.36. The second-order valence-electron chi connectivity index (χ2n) is 6.87. The fraction of sp³-hybridized carbons (Fsp3) is 0.318. The topological polar surface area (TPSA) is 68.5 Å². The van der Waals surface area contributed by atoms with Gasteiger partial charge in [-0.05, 0) is 35.7 Å². The number of nitrogens with zero attached hydrogens (tertiary/aromatic N) is 3. The Morgan fingerprint density at radius 3 is 2.75 bits per heavy atom. The molecule has 2 heterocycles. The molecule has 1 aliphatic heterocycles. The zero-order chi connectivity index (χ0) is 19.5. The lowest BCUT2D eigenvalue weighted by Crippen LogP contribution is -2.32. The smallest absolute Gasteiger partial charge is 0.259 e. The van der Waals surface area contributed by atoms with Gasteiger partial charge in [-0.25, -0.2) is 0 Å². The van der Waals surface area contributed by atoms with Crippen LogP contribution in [0.15, 0.2) is 53.1 Å². The number of anilines is 1. The van der Waals surface area contributed by atoms with E-state index in [0.29, 0.717) is 36.7 Å². The molecule has 6 nitrogen and oxygen atoms in total. The lowest BCUT2D eigenvalue weighted by molar-refractivity contribution is 0.0974. The molecule has 1 atom stereocenters. The summed E-state index contributed by atoms with van der Waals surface area (Å²) in [6.45, 7) is 2.62. The van der Waals surface area contributed by atoms with Crippen LogP contribution in [0.2, 0.25) is 0 Å². The van der Waals surface area contributed by atoms with Gasteiger partial charge in [-0.2, -0.15) is 4.98 Å². The van der Waals surface area contributed by atoms with E-state index < -0.39 is 0 Å². The number of aromatic nitrogens is 2. The maximum Gasteiger partial charge on any atom is 0.259 e. The van der Waals surface area contributed by atoms with E-state index in [1.807, 2.05) is 48.5 Å². The van der Waals surface area contributed by atoms with Crippen molar-refractivity contribution in [1.82, 2.24) is 10.1 Å². The molecule has 0 aliphatic carbocycles. The minimum Gasteiger partial charge on any atom is -0.384 e. The SMILES string of the molecule is CCc1ccc(C(=O)N2c3ccccc3CC2c2nc(CCOC)no2)cc1. The Morgan fingerprint density at radius 1 is 1.21 bits per heavy atom. The van der Waals surface area contributed by atoms with Gasteiger partial charge in [0.2, 0.25) is 5.89 Å². The second kappa shape index (κ2) is 7.94. The van der Waals surface area contributed by atoms with Crippen molar-refractivity contribution in [1.29, 1.82) is 0 Å². The van der Waals surface area contributed by atoms with E-state index in [4.69, 9.17) is 9.26 Å². The molecule has 3 aromatic rings. The molecule has 4 rings (SSSR count). The van der Waals surface area contributed by atoms with E-state index in [2.05, 4.69) is 17.1 Å². The predicted molar refractivity (Wildman–Crippen MR) is 105 cm³/mol. The van der Waals surface area contributed by atoms with Crippen molar-refractivity contribution in [2.45, 2.75) is 32.2 Å². The molecule has 1 aromatic heterocycles. The van der Waals surface area contributed by atoms with Crippen LogP contribution in [0.4, 0.5) is 5.69 Å². The number of aryl methyl sites for hydroxylation is 1. The molecule has 2 aromatic carbocycles. The molecule has 0 saturated heterocycles. The number of rotatable bonds is 6. The van der Waals surface area contributed by atoms with Crippen molar-refractivity contribution < 1.29 is 14.1 Å². The molecule has 1 amide bonds. The Hall–Kier alpha value is -2.99. The second-order valence-corrected chi connectivity index (χ2v) is 6.87. The summed E-state index contributed by atoms with van der Waals surface area (Å²) in [5.41, 5.74) is 3.85. The first-order chi connectivity index (χ1) is 13.7. The number of benzene rings is 2. The molecule has 0 radical (unpaired) electrons.